The molecule has 0 aliphatic heterocycles. The second-order valence-corrected chi connectivity index (χ2v) is 11.8. The van der Waals surface area contributed by atoms with Crippen molar-refractivity contribution in [3.8, 4) is 17.1 Å². The van der Waals surface area contributed by atoms with Crippen LogP contribution >= 0.6 is 22.9 Å². The summed E-state index contributed by atoms with van der Waals surface area (Å²) < 4.78 is 32.3. The molecular formula is C23H22ClN5O5S2. The highest BCUT2D eigenvalue weighted by Gasteiger charge is 2.14. The zero-order valence-electron chi connectivity index (χ0n) is 19.1. The van der Waals surface area contributed by atoms with E-state index in [4.69, 9.17) is 16.3 Å². The lowest BCUT2D eigenvalue weighted by Gasteiger charge is -2.14. The second-order valence-electron chi connectivity index (χ2n) is 7.83. The van der Waals surface area contributed by atoms with Gasteiger partial charge in [0.15, 0.2) is 0 Å². The Hall–Kier alpha value is -3.48. The van der Waals surface area contributed by atoms with E-state index in [0.717, 1.165) is 0 Å². The van der Waals surface area contributed by atoms with Crippen molar-refractivity contribution in [1.29, 1.82) is 0 Å². The molecule has 13 heteroatoms. The Labute approximate surface area is 216 Å². The van der Waals surface area contributed by atoms with E-state index in [2.05, 4.69) is 15.6 Å². The number of amides is 1. The molecule has 0 fully saturated rings. The molecule has 1 N–H and O–H groups in total. The van der Waals surface area contributed by atoms with Gasteiger partial charge in [0.25, 0.3) is 11.5 Å². The normalized spacial score (nSPS) is 11.4. The Kier molecular flexibility index (Phi) is 7.87. The number of rotatable bonds is 10. The van der Waals surface area contributed by atoms with Gasteiger partial charge in [-0.25, -0.2) is 13.1 Å². The topological polar surface area (TPSA) is 125 Å². The van der Waals surface area contributed by atoms with Crippen LogP contribution in [0.25, 0.3) is 11.4 Å². The van der Waals surface area contributed by atoms with Gasteiger partial charge in [-0.3, -0.25) is 14.2 Å². The number of thiophene rings is 1. The van der Waals surface area contributed by atoms with Crippen LogP contribution in [-0.2, 0) is 16.4 Å². The molecule has 3 aromatic heterocycles. The van der Waals surface area contributed by atoms with Crippen LogP contribution in [0.5, 0.6) is 5.75 Å². The third kappa shape index (κ3) is 6.59. The van der Waals surface area contributed by atoms with Gasteiger partial charge in [-0.15, -0.1) is 16.4 Å². The lowest BCUT2D eigenvalue weighted by atomic mass is 10.2. The van der Waals surface area contributed by atoms with E-state index < -0.39 is 9.84 Å². The Morgan fingerprint density at radius 2 is 2.03 bits per heavy atom. The molecule has 3 heterocycles. The fourth-order valence-corrected chi connectivity index (χ4v) is 4.89. The maximum atomic E-state index is 12.3. The molecule has 0 saturated heterocycles. The average molecular weight is 548 g/mol. The maximum Gasteiger partial charge on any atom is 0.261 e. The lowest BCUT2D eigenvalue weighted by molar-refractivity contribution is 0.0954. The van der Waals surface area contributed by atoms with Gasteiger partial charge in [0.05, 0.1) is 40.0 Å². The zero-order chi connectivity index (χ0) is 25.7. The number of carbonyl (C=O) groups is 1. The number of hydrogen-bond acceptors (Lipinski definition) is 8. The van der Waals surface area contributed by atoms with Gasteiger partial charge >= 0.3 is 0 Å². The number of pyridine rings is 1. The van der Waals surface area contributed by atoms with E-state index >= 15 is 0 Å². The number of hydrogen-bond donors (Lipinski definition) is 1. The number of benzene rings is 1. The first kappa shape index (κ1) is 25.6. The van der Waals surface area contributed by atoms with Crippen molar-refractivity contribution < 1.29 is 17.9 Å². The highest BCUT2D eigenvalue weighted by molar-refractivity contribution is 7.90. The molecule has 0 unspecified atom stereocenters. The number of nitrogens with one attached hydrogen (secondary N) is 1. The highest BCUT2D eigenvalue weighted by atomic mass is 35.5. The molecule has 0 radical (unpaired) electrons. The lowest BCUT2D eigenvalue weighted by Crippen LogP contribution is -2.21. The molecule has 0 saturated carbocycles. The largest absolute Gasteiger partial charge is 0.491 e. The molecule has 188 valence electrons. The molecule has 4 rings (SSSR count). The molecule has 0 atom stereocenters. The summed E-state index contributed by atoms with van der Waals surface area (Å²) in [5.41, 5.74) is 1.42. The predicted octanol–water partition coefficient (Wildman–Crippen LogP) is 2.88. The molecule has 4 aromatic rings. The highest BCUT2D eigenvalue weighted by Crippen LogP contribution is 2.26. The molecule has 10 nitrogen and oxygen atoms in total. The minimum atomic E-state index is -3.12. The standard InChI is InChI=1S/C23H22ClN5O5S2/c1-36(32,33)12-4-11-34-19-13-17(28-10-3-2-5-22(28)30)6-7-18(19)29-15-16(26-27-29)14-25-23(31)20-8-9-21(24)35-20/h2-3,5-10,13,15H,4,11-12,14H2,1H3,(H,25,31). The van der Waals surface area contributed by atoms with Crippen LogP contribution < -0.4 is 15.6 Å². The van der Waals surface area contributed by atoms with Crippen molar-refractivity contribution in [2.45, 2.75) is 13.0 Å². The van der Waals surface area contributed by atoms with Crippen molar-refractivity contribution in [3.63, 3.8) is 0 Å². The molecule has 0 spiro atoms. The van der Waals surface area contributed by atoms with Gasteiger partial charge in [-0.2, -0.15) is 0 Å². The third-order valence-corrected chi connectivity index (χ3v) is 7.24. The van der Waals surface area contributed by atoms with E-state index in [1.54, 1.807) is 54.9 Å². The first-order valence-electron chi connectivity index (χ1n) is 10.8. The third-order valence-electron chi connectivity index (χ3n) is 4.98. The van der Waals surface area contributed by atoms with E-state index in [1.165, 1.54) is 32.9 Å². The molecular weight excluding hydrogens is 526 g/mol. The van der Waals surface area contributed by atoms with Crippen LogP contribution in [-0.4, -0.2) is 52.5 Å². The van der Waals surface area contributed by atoms with Crippen molar-refractivity contribution in [3.05, 3.63) is 86.2 Å². The number of ether oxygens (including phenoxy) is 1. The summed E-state index contributed by atoms with van der Waals surface area (Å²) in [5.74, 6) is 0.113. The first-order valence-corrected chi connectivity index (χ1v) is 14.0. The van der Waals surface area contributed by atoms with E-state index in [9.17, 15) is 18.0 Å². The number of carbonyl (C=O) groups excluding carboxylic acids is 1. The fraction of sp³-hybridized carbons (Fsp3) is 0.217. The van der Waals surface area contributed by atoms with Crippen molar-refractivity contribution in [2.75, 3.05) is 18.6 Å². The minimum Gasteiger partial charge on any atom is -0.491 e. The summed E-state index contributed by atoms with van der Waals surface area (Å²) in [6, 6.07) is 13.3. The van der Waals surface area contributed by atoms with Gasteiger partial charge in [0.1, 0.15) is 27.0 Å². The monoisotopic (exact) mass is 547 g/mol. The van der Waals surface area contributed by atoms with Crippen LogP contribution in [0.4, 0.5) is 0 Å². The van der Waals surface area contributed by atoms with Crippen LogP contribution in [0.1, 0.15) is 21.8 Å². The van der Waals surface area contributed by atoms with Crippen LogP contribution in [0.2, 0.25) is 4.34 Å². The van der Waals surface area contributed by atoms with Crippen LogP contribution in [0.3, 0.4) is 0 Å². The molecule has 0 aliphatic carbocycles. The predicted molar refractivity (Wildman–Crippen MR) is 137 cm³/mol. The molecule has 0 aliphatic rings. The van der Waals surface area contributed by atoms with Gasteiger partial charge in [0, 0.05) is 24.6 Å². The Morgan fingerprint density at radius 1 is 1.19 bits per heavy atom. The van der Waals surface area contributed by atoms with E-state index in [-0.39, 0.29) is 30.4 Å². The number of aromatic nitrogens is 4. The summed E-state index contributed by atoms with van der Waals surface area (Å²) in [6.07, 6.45) is 4.76. The molecule has 36 heavy (non-hydrogen) atoms. The molecule has 1 aromatic carbocycles. The van der Waals surface area contributed by atoms with Gasteiger partial charge in [0.2, 0.25) is 0 Å². The van der Waals surface area contributed by atoms with Gasteiger partial charge in [-0.05, 0) is 36.8 Å². The first-order chi connectivity index (χ1) is 17.2. The summed E-state index contributed by atoms with van der Waals surface area (Å²) in [4.78, 5) is 25.0. The van der Waals surface area contributed by atoms with E-state index in [1.807, 2.05) is 0 Å². The number of halogens is 1. The Balaban J connectivity index is 1.55. The van der Waals surface area contributed by atoms with Gasteiger partial charge in [-0.1, -0.05) is 22.9 Å². The summed E-state index contributed by atoms with van der Waals surface area (Å²) in [7, 11) is -3.12. The quantitative estimate of drug-likeness (QED) is 0.303. The summed E-state index contributed by atoms with van der Waals surface area (Å²) >= 11 is 7.07. The van der Waals surface area contributed by atoms with Crippen molar-refractivity contribution >= 4 is 38.7 Å². The van der Waals surface area contributed by atoms with Crippen molar-refractivity contribution in [1.82, 2.24) is 24.9 Å². The number of sulfone groups is 1. The Bertz CT molecular complexity index is 1540. The SMILES string of the molecule is CS(=O)(=O)CCCOc1cc(-n2ccccc2=O)ccc1-n1cc(CNC(=O)c2ccc(Cl)s2)nn1. The van der Waals surface area contributed by atoms with Gasteiger partial charge < -0.3 is 10.1 Å². The molecule has 0 bridgehead atoms. The summed E-state index contributed by atoms with van der Waals surface area (Å²) in [5, 5.41) is 11.0. The Morgan fingerprint density at radius 3 is 2.75 bits per heavy atom. The van der Waals surface area contributed by atoms with Crippen LogP contribution in [0, 0.1) is 0 Å². The molecule has 1 amide bonds. The van der Waals surface area contributed by atoms with E-state index in [0.29, 0.717) is 38.5 Å². The maximum absolute atomic E-state index is 12.3. The fourth-order valence-electron chi connectivity index (χ4n) is 3.29. The van der Waals surface area contributed by atoms with Crippen LogP contribution in [0.15, 0.2) is 65.7 Å². The smallest absolute Gasteiger partial charge is 0.261 e. The number of nitrogens with zero attached hydrogens (tertiary/aromatic N) is 4. The average Bonchev–Trinajstić information content (AvgIpc) is 3.49. The zero-order valence-corrected chi connectivity index (χ0v) is 21.5. The van der Waals surface area contributed by atoms with Crippen molar-refractivity contribution in [2.24, 2.45) is 0 Å². The second kappa shape index (κ2) is 11.1. The minimum absolute atomic E-state index is 0.0111. The summed E-state index contributed by atoms with van der Waals surface area (Å²) in [6.45, 7) is 0.296.